The van der Waals surface area contributed by atoms with Crippen molar-refractivity contribution in [2.75, 3.05) is 43.9 Å². The molecule has 0 radical (unpaired) electrons. The number of aromatic nitrogens is 4. The second-order valence-corrected chi connectivity index (χ2v) is 10.7. The largest absolute Gasteiger partial charge is 0.379 e. The molecule has 0 saturated carbocycles. The minimum Gasteiger partial charge on any atom is -0.379 e. The van der Waals surface area contributed by atoms with Crippen LogP contribution in [0.4, 0.5) is 11.5 Å². The topological polar surface area (TPSA) is 68.1 Å². The Morgan fingerprint density at radius 1 is 1.09 bits per heavy atom. The number of anilines is 2. The first-order chi connectivity index (χ1) is 17.2. The Labute approximate surface area is 222 Å². The normalized spacial score (nSPS) is 15.4. The number of halogens is 2. The number of hydrogen-bond donors (Lipinski definition) is 1. The summed E-state index contributed by atoms with van der Waals surface area (Å²) in [5.41, 5.74) is 2.77. The lowest BCUT2D eigenvalue weighted by Crippen LogP contribution is -2.37. The zero-order valence-corrected chi connectivity index (χ0v) is 22.3. The Bertz CT molecular complexity index is 1270. The lowest BCUT2D eigenvalue weighted by molar-refractivity contribution is 0.0410. The van der Waals surface area contributed by atoms with Crippen molar-refractivity contribution in [3.63, 3.8) is 0 Å². The van der Waals surface area contributed by atoms with Crippen LogP contribution >= 0.6 is 39.3 Å². The number of benzene rings is 2. The van der Waals surface area contributed by atoms with Crippen LogP contribution in [-0.4, -0.2) is 63.2 Å². The van der Waals surface area contributed by atoms with E-state index in [0.29, 0.717) is 6.54 Å². The SMILES string of the molecule is ClC(Cn1ncc2c(Nc3cccc(Br)c3)nc(SCCN3CCOCC3)nc21)c1ccccc1. The molecular formula is C25H26BrClN6OS. The summed E-state index contributed by atoms with van der Waals surface area (Å²) in [6, 6.07) is 18.1. The third-order valence-corrected chi connectivity index (χ3v) is 7.51. The molecule has 10 heteroatoms. The fourth-order valence-corrected chi connectivity index (χ4v) is 5.46. The van der Waals surface area contributed by atoms with E-state index < -0.39 is 0 Å². The molecule has 0 bridgehead atoms. The first kappa shape index (κ1) is 24.5. The molecule has 1 N–H and O–H groups in total. The number of thioether (sulfide) groups is 1. The van der Waals surface area contributed by atoms with Gasteiger partial charge in [0.25, 0.3) is 0 Å². The third-order valence-electron chi connectivity index (χ3n) is 5.80. The maximum absolute atomic E-state index is 6.75. The first-order valence-electron chi connectivity index (χ1n) is 11.5. The van der Waals surface area contributed by atoms with Gasteiger partial charge in [0.15, 0.2) is 10.8 Å². The van der Waals surface area contributed by atoms with E-state index in [9.17, 15) is 0 Å². The van der Waals surface area contributed by atoms with E-state index in [1.54, 1.807) is 11.8 Å². The van der Waals surface area contributed by atoms with Crippen LogP contribution in [0, 0.1) is 0 Å². The van der Waals surface area contributed by atoms with Crippen molar-refractivity contribution in [3.05, 3.63) is 70.8 Å². The molecule has 1 aliphatic heterocycles. The molecule has 5 rings (SSSR count). The maximum atomic E-state index is 6.75. The van der Waals surface area contributed by atoms with Gasteiger partial charge in [-0.25, -0.2) is 14.6 Å². The second kappa shape index (κ2) is 11.7. The molecule has 0 spiro atoms. The van der Waals surface area contributed by atoms with Crippen molar-refractivity contribution in [2.45, 2.75) is 17.1 Å². The van der Waals surface area contributed by atoms with Gasteiger partial charge in [-0.2, -0.15) is 5.10 Å². The summed E-state index contributed by atoms with van der Waals surface area (Å²) in [7, 11) is 0. The smallest absolute Gasteiger partial charge is 0.191 e. The molecule has 2 aromatic carbocycles. The van der Waals surface area contributed by atoms with Gasteiger partial charge in [-0.1, -0.05) is 64.1 Å². The minimum atomic E-state index is -0.215. The molecule has 0 aliphatic carbocycles. The summed E-state index contributed by atoms with van der Waals surface area (Å²) >= 11 is 11.9. The van der Waals surface area contributed by atoms with Crippen molar-refractivity contribution in [3.8, 4) is 0 Å². The fraction of sp³-hybridized carbons (Fsp3) is 0.320. The number of nitrogens with zero attached hydrogens (tertiary/aromatic N) is 5. The van der Waals surface area contributed by atoms with Crippen LogP contribution in [0.2, 0.25) is 0 Å². The van der Waals surface area contributed by atoms with Crippen molar-refractivity contribution in [1.29, 1.82) is 0 Å². The second-order valence-electron chi connectivity index (χ2n) is 8.23. The summed E-state index contributed by atoms with van der Waals surface area (Å²) in [4.78, 5) is 12.2. The average Bonchev–Trinajstić information content (AvgIpc) is 3.28. The lowest BCUT2D eigenvalue weighted by Gasteiger charge is -2.26. The zero-order chi connectivity index (χ0) is 24.0. The Hall–Kier alpha value is -2.17. The van der Waals surface area contributed by atoms with Crippen molar-refractivity contribution in [1.82, 2.24) is 24.6 Å². The zero-order valence-electron chi connectivity index (χ0n) is 19.1. The van der Waals surface area contributed by atoms with Crippen LogP contribution < -0.4 is 5.32 Å². The summed E-state index contributed by atoms with van der Waals surface area (Å²) in [5.74, 6) is 1.64. The number of alkyl halides is 1. The van der Waals surface area contributed by atoms with Gasteiger partial charge in [-0.05, 0) is 23.8 Å². The Morgan fingerprint density at radius 2 is 1.91 bits per heavy atom. The van der Waals surface area contributed by atoms with Crippen molar-refractivity contribution < 1.29 is 4.74 Å². The Balaban J connectivity index is 1.41. The highest BCUT2D eigenvalue weighted by molar-refractivity contribution is 9.10. The summed E-state index contributed by atoms with van der Waals surface area (Å²) in [5, 5.41) is 9.45. The van der Waals surface area contributed by atoms with E-state index in [-0.39, 0.29) is 5.38 Å². The Morgan fingerprint density at radius 3 is 2.71 bits per heavy atom. The van der Waals surface area contributed by atoms with Gasteiger partial charge >= 0.3 is 0 Å². The molecule has 1 unspecified atom stereocenters. The maximum Gasteiger partial charge on any atom is 0.191 e. The van der Waals surface area contributed by atoms with Crippen LogP contribution in [0.15, 0.2) is 70.4 Å². The summed E-state index contributed by atoms with van der Waals surface area (Å²) < 4.78 is 8.33. The van der Waals surface area contributed by atoms with E-state index in [1.165, 1.54) is 0 Å². The van der Waals surface area contributed by atoms with E-state index in [1.807, 2.05) is 65.5 Å². The minimum absolute atomic E-state index is 0.215. The monoisotopic (exact) mass is 572 g/mol. The first-order valence-corrected chi connectivity index (χ1v) is 13.8. The van der Waals surface area contributed by atoms with Gasteiger partial charge in [0.2, 0.25) is 0 Å². The van der Waals surface area contributed by atoms with E-state index in [0.717, 1.165) is 76.3 Å². The number of nitrogens with one attached hydrogen (secondary N) is 1. The van der Waals surface area contributed by atoms with E-state index >= 15 is 0 Å². The van der Waals surface area contributed by atoms with Crippen LogP contribution in [-0.2, 0) is 11.3 Å². The van der Waals surface area contributed by atoms with E-state index in [4.69, 9.17) is 26.3 Å². The van der Waals surface area contributed by atoms with Gasteiger partial charge in [0, 0.05) is 35.5 Å². The molecule has 0 amide bonds. The number of morpholine rings is 1. The molecule has 1 aliphatic rings. The van der Waals surface area contributed by atoms with Crippen LogP contribution in [0.25, 0.3) is 11.0 Å². The predicted octanol–water partition coefficient (Wildman–Crippen LogP) is 5.74. The van der Waals surface area contributed by atoms with Crippen LogP contribution in [0.1, 0.15) is 10.9 Å². The lowest BCUT2D eigenvalue weighted by atomic mass is 10.1. The number of fused-ring (bicyclic) bond motifs is 1. The van der Waals surface area contributed by atoms with Gasteiger partial charge in [-0.15, -0.1) is 11.6 Å². The van der Waals surface area contributed by atoms with Crippen molar-refractivity contribution in [2.24, 2.45) is 0 Å². The highest BCUT2D eigenvalue weighted by Crippen LogP contribution is 2.30. The summed E-state index contributed by atoms with van der Waals surface area (Å²) in [6.45, 7) is 5.03. The Kier molecular flexibility index (Phi) is 8.20. The number of hydrogen-bond acceptors (Lipinski definition) is 7. The fourth-order valence-electron chi connectivity index (χ4n) is 3.94. The third kappa shape index (κ3) is 6.34. The standard InChI is InChI=1S/C25H26BrClN6OS/c26-19-7-4-8-20(15-19)29-23-21-16-28-33(17-22(27)18-5-2-1-3-6-18)24(21)31-25(30-23)35-14-11-32-9-12-34-13-10-32/h1-8,15-16,22H,9-14,17H2,(H,29,30,31). The molecule has 182 valence electrons. The van der Waals surface area contributed by atoms with Gasteiger partial charge < -0.3 is 10.1 Å². The molecule has 1 saturated heterocycles. The quantitative estimate of drug-likeness (QED) is 0.156. The van der Waals surface area contributed by atoms with Crippen LogP contribution in [0.5, 0.6) is 0 Å². The molecular weight excluding hydrogens is 548 g/mol. The van der Waals surface area contributed by atoms with Gasteiger partial charge in [0.1, 0.15) is 5.82 Å². The highest BCUT2D eigenvalue weighted by Gasteiger charge is 2.17. The molecule has 35 heavy (non-hydrogen) atoms. The molecule has 1 fully saturated rings. The van der Waals surface area contributed by atoms with E-state index in [2.05, 4.69) is 31.2 Å². The van der Waals surface area contributed by atoms with Crippen LogP contribution in [0.3, 0.4) is 0 Å². The number of ether oxygens (including phenoxy) is 1. The van der Waals surface area contributed by atoms with Gasteiger partial charge in [-0.3, -0.25) is 4.90 Å². The van der Waals surface area contributed by atoms with Gasteiger partial charge in [0.05, 0.1) is 36.7 Å². The number of rotatable bonds is 9. The molecule has 2 aromatic heterocycles. The summed E-state index contributed by atoms with van der Waals surface area (Å²) in [6.07, 6.45) is 1.81. The molecule has 4 aromatic rings. The molecule has 1 atom stereocenters. The average molecular weight is 574 g/mol. The molecule has 3 heterocycles. The predicted molar refractivity (Wildman–Crippen MR) is 146 cm³/mol. The highest BCUT2D eigenvalue weighted by atomic mass is 79.9. The molecule has 7 nitrogen and oxygen atoms in total. The van der Waals surface area contributed by atoms with Crippen molar-refractivity contribution >= 4 is 61.8 Å².